The summed E-state index contributed by atoms with van der Waals surface area (Å²) in [5.74, 6) is 1.00. The van der Waals surface area contributed by atoms with E-state index in [4.69, 9.17) is 14.2 Å². The normalized spacial score (nSPS) is 12.2. The van der Waals surface area contributed by atoms with E-state index in [-0.39, 0.29) is 23.8 Å². The zero-order valence-electron chi connectivity index (χ0n) is 39.7. The van der Waals surface area contributed by atoms with Crippen LogP contribution in [0.25, 0.3) is 0 Å². The lowest BCUT2D eigenvalue weighted by Gasteiger charge is -2.17. The molecule has 0 fully saturated rings. The molecule has 0 rings (SSSR count). The van der Waals surface area contributed by atoms with Gasteiger partial charge in [0.15, 0.2) is 0 Å². The zero-order chi connectivity index (χ0) is 42.7. The molecule has 0 aromatic heterocycles. The molecular formula is C51H99NO6. The summed E-state index contributed by atoms with van der Waals surface area (Å²) >= 11 is 0. The van der Waals surface area contributed by atoms with Gasteiger partial charge in [-0.3, -0.25) is 14.4 Å². The number of carbonyl (C=O) groups excluding carboxylic acids is 3. The molecule has 0 aliphatic heterocycles. The van der Waals surface area contributed by atoms with Gasteiger partial charge in [0.25, 0.3) is 0 Å². The van der Waals surface area contributed by atoms with Gasteiger partial charge in [0.1, 0.15) is 0 Å². The second kappa shape index (κ2) is 43.5. The largest absolute Gasteiger partial charge is 0.466 e. The van der Waals surface area contributed by atoms with Gasteiger partial charge >= 0.3 is 17.9 Å². The zero-order valence-corrected chi connectivity index (χ0v) is 39.7. The van der Waals surface area contributed by atoms with Gasteiger partial charge in [0.05, 0.1) is 25.7 Å². The molecule has 0 N–H and O–H groups in total. The molecule has 0 amide bonds. The lowest BCUT2D eigenvalue weighted by molar-refractivity contribution is -0.149. The Hall–Kier alpha value is -1.63. The minimum atomic E-state index is -0.00160. The molecule has 0 aliphatic carbocycles. The Kier molecular flexibility index (Phi) is 42.2. The second-order valence-electron chi connectivity index (χ2n) is 18.1. The summed E-state index contributed by atoms with van der Waals surface area (Å²) in [5, 5.41) is 0. The predicted octanol–water partition coefficient (Wildman–Crippen LogP) is 14.8. The summed E-state index contributed by atoms with van der Waals surface area (Å²) in [7, 11) is 4.10. The van der Waals surface area contributed by atoms with Gasteiger partial charge < -0.3 is 19.1 Å². The average Bonchev–Trinajstić information content (AvgIpc) is 3.20. The number of nitrogens with zero attached hydrogens (tertiary/aromatic N) is 1. The van der Waals surface area contributed by atoms with Gasteiger partial charge in [-0.1, -0.05) is 182 Å². The fraction of sp³-hybridized carbons (Fsp3) is 0.941. The van der Waals surface area contributed by atoms with Crippen LogP contribution in [0.5, 0.6) is 0 Å². The van der Waals surface area contributed by atoms with Crippen molar-refractivity contribution in [3.05, 3.63) is 0 Å². The fourth-order valence-corrected chi connectivity index (χ4v) is 8.20. The third-order valence-electron chi connectivity index (χ3n) is 12.0. The van der Waals surface area contributed by atoms with Gasteiger partial charge in [-0.15, -0.1) is 0 Å². The van der Waals surface area contributed by atoms with E-state index < -0.39 is 0 Å². The Bertz CT molecular complexity index is 889. The van der Waals surface area contributed by atoms with Crippen molar-refractivity contribution in [2.24, 2.45) is 17.8 Å². The molecular weight excluding hydrogens is 723 g/mol. The standard InChI is InChI=1S/C51H99NO6/c1-7-11-25-34-46(35-26-12-8-2)44-49(53)56-41-31-23-19-16-15-17-21-29-38-48(51(55)58-43-33-40-52(5)6)39-30-22-18-20-24-32-42-57-50(54)45-47(36-27-13-9-3)37-28-14-10-4/h46-48H,7-45H2,1-6H3. The van der Waals surface area contributed by atoms with Gasteiger partial charge in [0.2, 0.25) is 0 Å². The van der Waals surface area contributed by atoms with Crippen molar-refractivity contribution < 1.29 is 28.6 Å². The van der Waals surface area contributed by atoms with Gasteiger partial charge in [-0.05, 0) is 83.7 Å². The minimum absolute atomic E-state index is 0.00160. The summed E-state index contributed by atoms with van der Waals surface area (Å²) in [4.78, 5) is 40.2. The van der Waals surface area contributed by atoms with Gasteiger partial charge in [-0.2, -0.15) is 0 Å². The highest BCUT2D eigenvalue weighted by Gasteiger charge is 2.20. The Morgan fingerprint density at radius 1 is 0.379 bits per heavy atom. The van der Waals surface area contributed by atoms with E-state index in [1.54, 1.807) is 0 Å². The van der Waals surface area contributed by atoms with Crippen LogP contribution in [0.2, 0.25) is 0 Å². The number of carbonyl (C=O) groups is 3. The first-order chi connectivity index (χ1) is 28.3. The molecule has 0 aromatic carbocycles. The van der Waals surface area contributed by atoms with Crippen molar-refractivity contribution in [3.63, 3.8) is 0 Å². The van der Waals surface area contributed by atoms with E-state index in [0.717, 1.165) is 109 Å². The molecule has 7 nitrogen and oxygen atoms in total. The van der Waals surface area contributed by atoms with E-state index in [2.05, 4.69) is 46.7 Å². The third-order valence-corrected chi connectivity index (χ3v) is 12.0. The van der Waals surface area contributed by atoms with Crippen LogP contribution in [0, 0.1) is 17.8 Å². The second-order valence-corrected chi connectivity index (χ2v) is 18.1. The fourth-order valence-electron chi connectivity index (χ4n) is 8.20. The highest BCUT2D eigenvalue weighted by atomic mass is 16.5. The summed E-state index contributed by atoms with van der Waals surface area (Å²) in [6, 6.07) is 0. The van der Waals surface area contributed by atoms with Gasteiger partial charge in [-0.25, -0.2) is 0 Å². The molecule has 0 saturated heterocycles. The highest BCUT2D eigenvalue weighted by Crippen LogP contribution is 2.24. The lowest BCUT2D eigenvalue weighted by Crippen LogP contribution is -2.21. The third kappa shape index (κ3) is 38.6. The number of unbranched alkanes of at least 4 members (excludes halogenated alkanes) is 20. The molecule has 0 aromatic rings. The molecule has 58 heavy (non-hydrogen) atoms. The van der Waals surface area contributed by atoms with Crippen LogP contribution in [0.3, 0.4) is 0 Å². The molecule has 0 aliphatic rings. The number of esters is 3. The smallest absolute Gasteiger partial charge is 0.308 e. The first-order valence-corrected chi connectivity index (χ1v) is 25.4. The van der Waals surface area contributed by atoms with E-state index in [9.17, 15) is 14.4 Å². The minimum Gasteiger partial charge on any atom is -0.466 e. The number of ether oxygens (including phenoxy) is 3. The monoisotopic (exact) mass is 822 g/mol. The van der Waals surface area contributed by atoms with Crippen LogP contribution in [0.1, 0.15) is 252 Å². The first kappa shape index (κ1) is 56.4. The lowest BCUT2D eigenvalue weighted by atomic mass is 9.92. The SMILES string of the molecule is CCCCCC(CCCCC)CC(=O)OCCCCCCCCCCC(CCCCCCCCOC(=O)CC(CCCCC)CCCCC)C(=O)OCCCN(C)C. The Labute approximate surface area is 361 Å². The van der Waals surface area contributed by atoms with E-state index >= 15 is 0 Å². The number of hydrogen-bond donors (Lipinski definition) is 0. The molecule has 1 atom stereocenters. The van der Waals surface area contributed by atoms with E-state index in [0.29, 0.717) is 44.5 Å². The maximum atomic E-state index is 13.1. The van der Waals surface area contributed by atoms with Crippen molar-refractivity contribution >= 4 is 17.9 Å². The predicted molar refractivity (Wildman–Crippen MR) is 246 cm³/mol. The van der Waals surface area contributed by atoms with Gasteiger partial charge in [0, 0.05) is 19.4 Å². The quantitative estimate of drug-likeness (QED) is 0.0344. The van der Waals surface area contributed by atoms with Crippen LogP contribution >= 0.6 is 0 Å². The van der Waals surface area contributed by atoms with Crippen molar-refractivity contribution in [3.8, 4) is 0 Å². The molecule has 0 radical (unpaired) electrons. The Morgan fingerprint density at radius 3 is 1.03 bits per heavy atom. The summed E-state index contributed by atoms with van der Waals surface area (Å²) in [6.07, 6.45) is 39.2. The molecule has 1 unspecified atom stereocenters. The Morgan fingerprint density at radius 2 is 0.690 bits per heavy atom. The first-order valence-electron chi connectivity index (χ1n) is 25.4. The van der Waals surface area contributed by atoms with Crippen LogP contribution in [0.15, 0.2) is 0 Å². The molecule has 0 spiro atoms. The van der Waals surface area contributed by atoms with Crippen molar-refractivity contribution in [2.45, 2.75) is 252 Å². The molecule has 0 bridgehead atoms. The molecule has 7 heteroatoms. The molecule has 344 valence electrons. The topological polar surface area (TPSA) is 82.1 Å². The number of rotatable bonds is 45. The number of hydrogen-bond acceptors (Lipinski definition) is 7. The maximum absolute atomic E-state index is 13.1. The highest BCUT2D eigenvalue weighted by molar-refractivity contribution is 5.72. The van der Waals surface area contributed by atoms with Crippen molar-refractivity contribution in [1.82, 2.24) is 4.90 Å². The Balaban J connectivity index is 4.26. The molecule has 0 saturated carbocycles. The van der Waals surface area contributed by atoms with E-state index in [1.807, 2.05) is 0 Å². The van der Waals surface area contributed by atoms with Crippen LogP contribution in [-0.2, 0) is 28.6 Å². The van der Waals surface area contributed by atoms with E-state index in [1.165, 1.54) is 109 Å². The van der Waals surface area contributed by atoms with Crippen LogP contribution in [0.4, 0.5) is 0 Å². The molecule has 0 heterocycles. The average molecular weight is 822 g/mol. The van der Waals surface area contributed by atoms with Crippen LogP contribution in [-0.4, -0.2) is 63.3 Å². The maximum Gasteiger partial charge on any atom is 0.308 e. The van der Waals surface area contributed by atoms with Crippen molar-refractivity contribution in [2.75, 3.05) is 40.5 Å². The summed E-state index contributed by atoms with van der Waals surface area (Å²) in [5.41, 5.74) is 0. The summed E-state index contributed by atoms with van der Waals surface area (Å²) in [6.45, 7) is 11.5. The van der Waals surface area contributed by atoms with Crippen molar-refractivity contribution in [1.29, 1.82) is 0 Å². The van der Waals surface area contributed by atoms with Crippen LogP contribution < -0.4 is 0 Å². The summed E-state index contributed by atoms with van der Waals surface area (Å²) < 4.78 is 17.0.